The highest BCUT2D eigenvalue weighted by Crippen LogP contribution is 2.28. The fraction of sp³-hybridized carbons (Fsp3) is 0.625. The summed E-state index contributed by atoms with van der Waals surface area (Å²) in [6.45, 7) is 4.00. The third kappa shape index (κ3) is 1.21. The van der Waals surface area contributed by atoms with E-state index in [2.05, 4.69) is 0 Å². The van der Waals surface area contributed by atoms with E-state index in [4.69, 9.17) is 0 Å². The molecule has 0 heterocycles. The van der Waals surface area contributed by atoms with Gasteiger partial charge in [0.25, 0.3) is 5.76 Å². The van der Waals surface area contributed by atoms with Gasteiger partial charge < -0.3 is 5.11 Å². The maximum absolute atomic E-state index is 9.29. The summed E-state index contributed by atoms with van der Waals surface area (Å²) in [6.07, 6.45) is 3.36. The molecule has 0 radical (unpaired) electrons. The van der Waals surface area contributed by atoms with Gasteiger partial charge in [0.15, 0.2) is 0 Å². The molecule has 0 fully saturated rings. The molecular weight excluding hydrogens is 112 g/mol. The molecule has 1 aliphatic rings. The van der Waals surface area contributed by atoms with Gasteiger partial charge in [-0.3, -0.25) is 0 Å². The van der Waals surface area contributed by atoms with Crippen LogP contribution in [0, 0.1) is 5.92 Å². The predicted molar refractivity (Wildman–Crippen MR) is 38.1 cm³/mol. The van der Waals surface area contributed by atoms with Crippen LogP contribution in [0.25, 0.3) is 0 Å². The Morgan fingerprint density at radius 1 is 1.56 bits per heavy atom. The van der Waals surface area contributed by atoms with E-state index < -0.39 is 0 Å². The minimum absolute atomic E-state index is 0.557. The van der Waals surface area contributed by atoms with E-state index >= 15 is 0 Å². The first-order chi connectivity index (χ1) is 4.22. The second-order valence-electron chi connectivity index (χ2n) is 2.76. The largest absolute Gasteiger partial charge is 0.477 e. The minimum Gasteiger partial charge on any atom is -0.477 e. The molecule has 1 rings (SSSR count). The first-order valence-electron chi connectivity index (χ1n) is 3.43. The number of aliphatic hydroxyl groups is 1. The van der Waals surface area contributed by atoms with E-state index in [0.29, 0.717) is 5.76 Å². The average molecular weight is 125 g/mol. The van der Waals surface area contributed by atoms with Crippen molar-refractivity contribution in [3.63, 3.8) is 0 Å². The van der Waals surface area contributed by atoms with Crippen molar-refractivity contribution in [3.05, 3.63) is 17.3 Å². The molecular formula is C8H13O+. The molecule has 0 unspecified atom stereocenters. The van der Waals surface area contributed by atoms with Gasteiger partial charge in [-0.2, -0.15) is 0 Å². The fourth-order valence-electron chi connectivity index (χ4n) is 1.22. The van der Waals surface area contributed by atoms with Gasteiger partial charge in [0.1, 0.15) is 0 Å². The van der Waals surface area contributed by atoms with Gasteiger partial charge in [-0.1, -0.05) is 0 Å². The Labute approximate surface area is 56.4 Å². The second kappa shape index (κ2) is 2.34. The van der Waals surface area contributed by atoms with Gasteiger partial charge in [0, 0.05) is 26.7 Å². The van der Waals surface area contributed by atoms with E-state index in [0.717, 1.165) is 24.3 Å². The smallest absolute Gasteiger partial charge is 0.278 e. The van der Waals surface area contributed by atoms with Crippen LogP contribution in [0.15, 0.2) is 11.3 Å². The molecule has 1 N–H and O–H groups in total. The van der Waals surface area contributed by atoms with Gasteiger partial charge in [-0.25, -0.2) is 0 Å². The third-order valence-electron chi connectivity index (χ3n) is 1.91. The van der Waals surface area contributed by atoms with E-state index in [9.17, 15) is 5.11 Å². The summed E-state index contributed by atoms with van der Waals surface area (Å²) in [4.78, 5) is 0. The van der Waals surface area contributed by atoms with Crippen LogP contribution in [-0.2, 0) is 0 Å². The summed E-state index contributed by atoms with van der Waals surface area (Å²) >= 11 is 0. The fourth-order valence-corrected chi connectivity index (χ4v) is 1.22. The maximum Gasteiger partial charge on any atom is 0.278 e. The van der Waals surface area contributed by atoms with E-state index in [1.54, 1.807) is 0 Å². The van der Waals surface area contributed by atoms with E-state index in [1.807, 2.05) is 13.8 Å². The minimum atomic E-state index is 0.557. The average Bonchev–Trinajstić information content (AvgIpc) is 1.83. The van der Waals surface area contributed by atoms with Crippen molar-refractivity contribution < 1.29 is 5.11 Å². The molecule has 0 aliphatic heterocycles. The lowest BCUT2D eigenvalue weighted by Crippen LogP contribution is -2.04. The van der Waals surface area contributed by atoms with Crippen LogP contribution in [0.1, 0.15) is 33.1 Å². The van der Waals surface area contributed by atoms with Crippen molar-refractivity contribution in [1.29, 1.82) is 0 Å². The predicted octanol–water partition coefficient (Wildman–Crippen LogP) is 2.60. The van der Waals surface area contributed by atoms with Crippen LogP contribution < -0.4 is 0 Å². The lowest BCUT2D eigenvalue weighted by atomic mass is 9.91. The van der Waals surface area contributed by atoms with Crippen molar-refractivity contribution in [2.45, 2.75) is 33.1 Å². The van der Waals surface area contributed by atoms with E-state index in [1.165, 1.54) is 6.42 Å². The highest BCUT2D eigenvalue weighted by Gasteiger charge is 2.25. The molecule has 0 aromatic carbocycles. The topological polar surface area (TPSA) is 20.2 Å². The first-order valence-corrected chi connectivity index (χ1v) is 3.43. The summed E-state index contributed by atoms with van der Waals surface area (Å²) < 4.78 is 0. The van der Waals surface area contributed by atoms with Crippen LogP contribution in [0.4, 0.5) is 0 Å². The molecule has 1 nitrogen and oxygen atoms in total. The standard InChI is InChI=1S/C8H12O/c1-6-4-3-5-7(2)8(6)9/h3-5H2,1-2H3/p+1. The van der Waals surface area contributed by atoms with E-state index in [-0.39, 0.29) is 0 Å². The Morgan fingerprint density at radius 2 is 2.22 bits per heavy atom. The lowest BCUT2D eigenvalue weighted by Gasteiger charge is -2.09. The number of aliphatic hydroxyl groups excluding tert-OH is 1. The van der Waals surface area contributed by atoms with Crippen LogP contribution in [0.2, 0.25) is 0 Å². The van der Waals surface area contributed by atoms with Crippen molar-refractivity contribution in [1.82, 2.24) is 0 Å². The second-order valence-corrected chi connectivity index (χ2v) is 2.76. The van der Waals surface area contributed by atoms with Gasteiger partial charge in [-0.05, 0) is 6.42 Å². The molecule has 0 aromatic heterocycles. The van der Waals surface area contributed by atoms with Gasteiger partial charge in [0.05, 0.1) is 11.5 Å². The summed E-state index contributed by atoms with van der Waals surface area (Å²) in [7, 11) is 0. The Bertz CT molecular complexity index is 136. The van der Waals surface area contributed by atoms with Crippen LogP contribution in [-0.4, -0.2) is 5.11 Å². The van der Waals surface area contributed by atoms with Gasteiger partial charge in [-0.15, -0.1) is 0 Å². The molecule has 0 aromatic rings. The molecule has 0 saturated heterocycles. The molecule has 1 heteroatoms. The Morgan fingerprint density at radius 3 is 2.67 bits per heavy atom. The molecule has 50 valence electrons. The summed E-state index contributed by atoms with van der Waals surface area (Å²) in [6, 6.07) is 0. The summed E-state index contributed by atoms with van der Waals surface area (Å²) in [5.41, 5.74) is 1.15. The zero-order valence-corrected chi connectivity index (χ0v) is 6.07. The number of hydrogen-bond donors (Lipinski definition) is 1. The quantitative estimate of drug-likeness (QED) is 0.493. The van der Waals surface area contributed by atoms with Crippen LogP contribution >= 0.6 is 0 Å². The van der Waals surface area contributed by atoms with Crippen molar-refractivity contribution in [3.8, 4) is 0 Å². The monoisotopic (exact) mass is 125 g/mol. The Hall–Kier alpha value is -0.590. The molecule has 1 aliphatic carbocycles. The van der Waals surface area contributed by atoms with Crippen molar-refractivity contribution in [2.24, 2.45) is 0 Å². The van der Waals surface area contributed by atoms with Crippen molar-refractivity contribution in [2.75, 3.05) is 0 Å². The van der Waals surface area contributed by atoms with Crippen LogP contribution in [0.3, 0.4) is 0 Å². The number of allylic oxidation sites excluding steroid dienone is 2. The maximum atomic E-state index is 9.29. The number of rotatable bonds is 0. The molecule has 0 atom stereocenters. The zero-order valence-electron chi connectivity index (χ0n) is 6.07. The summed E-state index contributed by atoms with van der Waals surface area (Å²) in [5.74, 6) is 1.71. The molecule has 0 saturated carbocycles. The summed E-state index contributed by atoms with van der Waals surface area (Å²) in [5, 5.41) is 9.29. The molecule has 0 bridgehead atoms. The molecule has 0 amide bonds. The Balaban J connectivity index is 2.72. The molecule has 0 spiro atoms. The van der Waals surface area contributed by atoms with Crippen molar-refractivity contribution >= 4 is 0 Å². The first kappa shape index (κ1) is 6.53. The van der Waals surface area contributed by atoms with Crippen LogP contribution in [0.5, 0.6) is 0 Å². The highest BCUT2D eigenvalue weighted by molar-refractivity contribution is 5.23. The lowest BCUT2D eigenvalue weighted by molar-refractivity contribution is 0.376. The highest BCUT2D eigenvalue weighted by atomic mass is 16.3. The SMILES string of the molecule is CC1=C(O)[C+](C)CCC1. The normalized spacial score (nSPS) is 20.9. The third-order valence-corrected chi connectivity index (χ3v) is 1.91. The molecule has 9 heavy (non-hydrogen) atoms. The Kier molecular flexibility index (Phi) is 1.70. The zero-order chi connectivity index (χ0) is 6.85. The number of hydrogen-bond acceptors (Lipinski definition) is 1. The van der Waals surface area contributed by atoms with Gasteiger partial charge >= 0.3 is 0 Å². The van der Waals surface area contributed by atoms with Gasteiger partial charge in [0.2, 0.25) is 0 Å².